The summed E-state index contributed by atoms with van der Waals surface area (Å²) in [7, 11) is 3.55. The summed E-state index contributed by atoms with van der Waals surface area (Å²) in [5.41, 5.74) is 1.72. The Labute approximate surface area is 102 Å². The van der Waals surface area contributed by atoms with Gasteiger partial charge in [-0.05, 0) is 6.92 Å². The van der Waals surface area contributed by atoms with Gasteiger partial charge in [0.1, 0.15) is 5.82 Å². The van der Waals surface area contributed by atoms with Crippen molar-refractivity contribution in [2.45, 2.75) is 13.5 Å². The highest BCUT2D eigenvalue weighted by atomic mass is 16.5. The van der Waals surface area contributed by atoms with E-state index in [0.29, 0.717) is 13.2 Å². The molecule has 0 radical (unpaired) electrons. The van der Waals surface area contributed by atoms with Crippen LogP contribution < -0.4 is 4.90 Å². The van der Waals surface area contributed by atoms with Crippen molar-refractivity contribution >= 4 is 5.82 Å². The number of aromatic nitrogens is 2. The molecule has 0 unspecified atom stereocenters. The minimum Gasteiger partial charge on any atom is -0.391 e. The van der Waals surface area contributed by atoms with Crippen molar-refractivity contribution in [3.8, 4) is 0 Å². The molecule has 96 valence electrons. The average molecular weight is 239 g/mol. The van der Waals surface area contributed by atoms with E-state index in [0.717, 1.165) is 23.6 Å². The highest BCUT2D eigenvalue weighted by molar-refractivity contribution is 5.50. The van der Waals surface area contributed by atoms with E-state index in [-0.39, 0.29) is 6.61 Å². The van der Waals surface area contributed by atoms with Crippen LogP contribution in [-0.2, 0) is 18.4 Å². The molecule has 5 heteroatoms. The van der Waals surface area contributed by atoms with E-state index in [1.54, 1.807) is 11.8 Å². The number of aliphatic hydroxyl groups is 1. The predicted octanol–water partition coefficient (Wildman–Crippen LogP) is 0.860. The minimum atomic E-state index is -0.00433. The quantitative estimate of drug-likeness (QED) is 0.717. The van der Waals surface area contributed by atoms with Crippen LogP contribution in [0.3, 0.4) is 0 Å². The summed E-state index contributed by atoms with van der Waals surface area (Å²) in [4.78, 5) is 2.10. The van der Waals surface area contributed by atoms with Gasteiger partial charge in [0.25, 0.3) is 0 Å². The van der Waals surface area contributed by atoms with Crippen LogP contribution in [-0.4, -0.2) is 41.7 Å². The van der Waals surface area contributed by atoms with Gasteiger partial charge in [0, 0.05) is 32.8 Å². The summed E-state index contributed by atoms with van der Waals surface area (Å²) in [6.07, 6.45) is 1.83. The maximum absolute atomic E-state index is 9.42. The van der Waals surface area contributed by atoms with Crippen molar-refractivity contribution in [3.63, 3.8) is 0 Å². The first-order valence-corrected chi connectivity index (χ1v) is 5.63. The summed E-state index contributed by atoms with van der Waals surface area (Å²) in [6, 6.07) is 0. The fourth-order valence-corrected chi connectivity index (χ4v) is 1.91. The van der Waals surface area contributed by atoms with E-state index < -0.39 is 0 Å². The van der Waals surface area contributed by atoms with Crippen LogP contribution >= 0.6 is 0 Å². The second-order valence-electron chi connectivity index (χ2n) is 3.90. The monoisotopic (exact) mass is 239 g/mol. The topological polar surface area (TPSA) is 50.5 Å². The first kappa shape index (κ1) is 13.7. The second kappa shape index (κ2) is 6.42. The third kappa shape index (κ3) is 3.08. The third-order valence-electron chi connectivity index (χ3n) is 2.69. The molecule has 0 amide bonds. The zero-order valence-electron chi connectivity index (χ0n) is 10.8. The van der Waals surface area contributed by atoms with Crippen LogP contribution in [0, 0.1) is 6.92 Å². The Hall–Kier alpha value is -1.33. The van der Waals surface area contributed by atoms with Gasteiger partial charge in [-0.2, -0.15) is 5.10 Å². The molecule has 1 N–H and O–H groups in total. The van der Waals surface area contributed by atoms with Gasteiger partial charge < -0.3 is 14.7 Å². The molecular weight excluding hydrogens is 218 g/mol. The molecule has 0 aliphatic carbocycles. The number of nitrogens with zero attached hydrogens (tertiary/aromatic N) is 3. The lowest BCUT2D eigenvalue weighted by atomic mass is 10.2. The van der Waals surface area contributed by atoms with Gasteiger partial charge in [-0.1, -0.05) is 6.08 Å². The Morgan fingerprint density at radius 3 is 2.82 bits per heavy atom. The number of methoxy groups -OCH3 is 1. The van der Waals surface area contributed by atoms with E-state index in [1.165, 1.54) is 0 Å². The van der Waals surface area contributed by atoms with E-state index >= 15 is 0 Å². The van der Waals surface area contributed by atoms with Gasteiger partial charge in [0.2, 0.25) is 0 Å². The Kier molecular flexibility index (Phi) is 5.18. The van der Waals surface area contributed by atoms with Crippen molar-refractivity contribution in [2.75, 3.05) is 31.7 Å². The average Bonchev–Trinajstić information content (AvgIpc) is 2.59. The van der Waals surface area contributed by atoms with E-state index in [1.807, 2.05) is 20.0 Å². The molecule has 5 nitrogen and oxygen atoms in total. The molecule has 0 aromatic carbocycles. The fraction of sp³-hybridized carbons (Fsp3) is 0.583. The molecule has 0 fully saturated rings. The van der Waals surface area contributed by atoms with E-state index in [4.69, 9.17) is 4.74 Å². The van der Waals surface area contributed by atoms with Crippen LogP contribution in [0.1, 0.15) is 11.3 Å². The summed E-state index contributed by atoms with van der Waals surface area (Å²) in [5.74, 6) is 0.932. The number of hydrogen-bond acceptors (Lipinski definition) is 4. The first-order chi connectivity index (χ1) is 8.15. The molecule has 1 rings (SSSR count). The number of hydrogen-bond donors (Lipinski definition) is 1. The zero-order chi connectivity index (χ0) is 12.8. The molecule has 0 aliphatic heterocycles. The van der Waals surface area contributed by atoms with Crippen LogP contribution in [0.25, 0.3) is 0 Å². The molecule has 0 aliphatic rings. The molecule has 1 aromatic heterocycles. The van der Waals surface area contributed by atoms with Gasteiger partial charge in [-0.15, -0.1) is 6.58 Å². The molecule has 1 heterocycles. The Balaban J connectivity index is 3.02. The summed E-state index contributed by atoms with van der Waals surface area (Å²) in [5, 5.41) is 13.8. The van der Waals surface area contributed by atoms with Crippen molar-refractivity contribution in [1.29, 1.82) is 0 Å². The Morgan fingerprint density at radius 1 is 1.59 bits per heavy atom. The smallest absolute Gasteiger partial charge is 0.132 e. The Bertz CT molecular complexity index is 374. The standard InChI is InChI=1S/C12H21N3O2/c1-5-6-15(7-8-17-4)12-11(9-16)10(2)13-14(12)3/h5,16H,1,6-9H2,2-4H3. The van der Waals surface area contributed by atoms with Gasteiger partial charge >= 0.3 is 0 Å². The van der Waals surface area contributed by atoms with Crippen molar-refractivity contribution < 1.29 is 9.84 Å². The highest BCUT2D eigenvalue weighted by Crippen LogP contribution is 2.22. The minimum absolute atomic E-state index is 0.00433. The SMILES string of the molecule is C=CCN(CCOC)c1c(CO)c(C)nn1C. The Morgan fingerprint density at radius 2 is 2.29 bits per heavy atom. The molecule has 17 heavy (non-hydrogen) atoms. The fourth-order valence-electron chi connectivity index (χ4n) is 1.91. The predicted molar refractivity (Wildman–Crippen MR) is 68.2 cm³/mol. The maximum atomic E-state index is 9.42. The van der Waals surface area contributed by atoms with Crippen LogP contribution in [0.5, 0.6) is 0 Å². The van der Waals surface area contributed by atoms with E-state index in [9.17, 15) is 5.11 Å². The molecular formula is C12H21N3O2. The number of aryl methyl sites for hydroxylation is 2. The lowest BCUT2D eigenvalue weighted by Crippen LogP contribution is -2.30. The molecule has 0 bridgehead atoms. The van der Waals surface area contributed by atoms with Gasteiger partial charge in [0.15, 0.2) is 0 Å². The van der Waals surface area contributed by atoms with Gasteiger partial charge in [-0.25, -0.2) is 0 Å². The molecule has 0 saturated heterocycles. The molecule has 0 atom stereocenters. The zero-order valence-corrected chi connectivity index (χ0v) is 10.8. The van der Waals surface area contributed by atoms with Gasteiger partial charge in [0.05, 0.1) is 18.9 Å². The van der Waals surface area contributed by atoms with Crippen molar-refractivity contribution in [1.82, 2.24) is 9.78 Å². The summed E-state index contributed by atoms with van der Waals surface area (Å²) < 4.78 is 6.88. The molecule has 1 aromatic rings. The summed E-state index contributed by atoms with van der Waals surface area (Å²) in [6.45, 7) is 7.72. The van der Waals surface area contributed by atoms with Crippen molar-refractivity contribution in [3.05, 3.63) is 23.9 Å². The van der Waals surface area contributed by atoms with Crippen molar-refractivity contribution in [2.24, 2.45) is 7.05 Å². The largest absolute Gasteiger partial charge is 0.391 e. The van der Waals surface area contributed by atoms with Crippen LogP contribution in [0.2, 0.25) is 0 Å². The van der Waals surface area contributed by atoms with Crippen LogP contribution in [0.4, 0.5) is 5.82 Å². The normalized spacial score (nSPS) is 10.6. The van der Waals surface area contributed by atoms with E-state index in [2.05, 4.69) is 16.6 Å². The number of aliphatic hydroxyl groups excluding tert-OH is 1. The lowest BCUT2D eigenvalue weighted by Gasteiger charge is -2.24. The number of anilines is 1. The summed E-state index contributed by atoms with van der Waals surface area (Å²) >= 11 is 0. The number of ether oxygens (including phenoxy) is 1. The first-order valence-electron chi connectivity index (χ1n) is 5.63. The lowest BCUT2D eigenvalue weighted by molar-refractivity contribution is 0.205. The van der Waals surface area contributed by atoms with Gasteiger partial charge in [-0.3, -0.25) is 4.68 Å². The molecule has 0 saturated carbocycles. The highest BCUT2D eigenvalue weighted by Gasteiger charge is 2.17. The maximum Gasteiger partial charge on any atom is 0.132 e. The second-order valence-corrected chi connectivity index (χ2v) is 3.90. The third-order valence-corrected chi connectivity index (χ3v) is 2.69. The number of rotatable bonds is 7. The molecule has 0 spiro atoms. The van der Waals surface area contributed by atoms with Crippen LogP contribution in [0.15, 0.2) is 12.7 Å².